The molecular formula is C22H21N7O3S. The van der Waals surface area contributed by atoms with E-state index in [4.69, 9.17) is 15.0 Å². The van der Waals surface area contributed by atoms with E-state index < -0.39 is 5.90 Å². The van der Waals surface area contributed by atoms with E-state index in [1.165, 1.54) is 10.9 Å². The number of aliphatic imine (C=N–C) groups is 1. The van der Waals surface area contributed by atoms with Crippen molar-refractivity contribution in [3.05, 3.63) is 47.2 Å². The van der Waals surface area contributed by atoms with Crippen LogP contribution in [0.15, 0.2) is 45.0 Å². The van der Waals surface area contributed by atoms with Crippen LogP contribution in [0, 0.1) is 22.7 Å². The lowest BCUT2D eigenvalue weighted by molar-refractivity contribution is -0.763. The Morgan fingerprint density at radius 2 is 2.00 bits per heavy atom. The van der Waals surface area contributed by atoms with Crippen LogP contribution in [0.4, 0.5) is 11.7 Å². The predicted octanol–water partition coefficient (Wildman–Crippen LogP) is 1.74. The Hall–Kier alpha value is -3.93. The van der Waals surface area contributed by atoms with Crippen LogP contribution in [0.2, 0.25) is 0 Å². The third kappa shape index (κ3) is 5.66. The Morgan fingerprint density at radius 1 is 1.27 bits per heavy atom. The standard InChI is InChI=1S/C22H21N7O3S/c1-3-14-4-6-15(7-5-14)20-16(10-23)21(25)27-22(17(20)11-24)33-13-18(30)26-19-12-29(28-32-19)8-9-31-2/h4-7,12H,3,8-9,13H2,1-2H3,(H2-,25,26,27,28,30). The number of benzene rings is 1. The fraction of sp³-hybridized carbons (Fsp3) is 0.273. The highest BCUT2D eigenvalue weighted by atomic mass is 32.2. The van der Waals surface area contributed by atoms with Crippen molar-refractivity contribution < 1.29 is 19.0 Å². The van der Waals surface area contributed by atoms with E-state index >= 15 is 0 Å². The van der Waals surface area contributed by atoms with Gasteiger partial charge < -0.3 is 15.6 Å². The lowest BCUT2D eigenvalue weighted by Gasteiger charge is -2.14. The van der Waals surface area contributed by atoms with Crippen molar-refractivity contribution in [2.75, 3.05) is 25.2 Å². The number of aryl methyl sites for hydroxylation is 1. The summed E-state index contributed by atoms with van der Waals surface area (Å²) < 4.78 is 11.4. The van der Waals surface area contributed by atoms with Gasteiger partial charge in [-0.25, -0.2) is 9.98 Å². The number of anilines is 1. The maximum absolute atomic E-state index is 12.3. The van der Waals surface area contributed by atoms with Crippen LogP contribution in [0.25, 0.3) is 11.1 Å². The monoisotopic (exact) mass is 463 g/mol. The molecule has 2 N–H and O–H groups in total. The minimum absolute atomic E-state index is 0.00706. The van der Waals surface area contributed by atoms with Crippen molar-refractivity contribution in [3.8, 4) is 23.3 Å². The van der Waals surface area contributed by atoms with Crippen molar-refractivity contribution in [2.45, 2.75) is 24.9 Å². The van der Waals surface area contributed by atoms with Gasteiger partial charge in [-0.2, -0.15) is 10.5 Å². The minimum Gasteiger partial charge on any atom is -0.861 e. The summed E-state index contributed by atoms with van der Waals surface area (Å²) in [6.45, 7) is 2.93. The van der Waals surface area contributed by atoms with E-state index in [2.05, 4.69) is 21.3 Å². The van der Waals surface area contributed by atoms with Crippen LogP contribution in [0.3, 0.4) is 0 Å². The van der Waals surface area contributed by atoms with E-state index in [-0.39, 0.29) is 33.6 Å². The summed E-state index contributed by atoms with van der Waals surface area (Å²) >= 11 is 1.01. The molecule has 0 aliphatic heterocycles. The second-order valence-electron chi connectivity index (χ2n) is 6.79. The Morgan fingerprint density at radius 3 is 2.64 bits per heavy atom. The summed E-state index contributed by atoms with van der Waals surface area (Å²) in [5, 5.41) is 35.8. The van der Waals surface area contributed by atoms with E-state index in [1.54, 1.807) is 7.11 Å². The molecule has 0 saturated carbocycles. The van der Waals surface area contributed by atoms with Gasteiger partial charge >= 0.3 is 5.88 Å². The van der Waals surface area contributed by atoms with Gasteiger partial charge in [-0.3, -0.25) is 4.52 Å². The van der Waals surface area contributed by atoms with E-state index in [0.29, 0.717) is 24.3 Å². The quantitative estimate of drug-likeness (QED) is 0.216. The molecule has 0 aliphatic rings. The normalized spacial score (nSPS) is 11.2. The molecule has 2 aromatic heterocycles. The molecule has 0 unspecified atom stereocenters. The zero-order chi connectivity index (χ0) is 23.8. The first kappa shape index (κ1) is 23.7. The summed E-state index contributed by atoms with van der Waals surface area (Å²) in [6.07, 6.45) is 2.34. The first-order valence-corrected chi connectivity index (χ1v) is 10.9. The molecule has 0 spiro atoms. The fourth-order valence-corrected chi connectivity index (χ4v) is 3.77. The number of methoxy groups -OCH3 is 1. The van der Waals surface area contributed by atoms with Crippen LogP contribution in [0.5, 0.6) is 0 Å². The molecule has 2 heterocycles. The van der Waals surface area contributed by atoms with Gasteiger partial charge in [0.2, 0.25) is 11.8 Å². The largest absolute Gasteiger partial charge is 0.861 e. The molecule has 0 amide bonds. The minimum atomic E-state index is -0.502. The number of ether oxygens (including phenoxy) is 1. The summed E-state index contributed by atoms with van der Waals surface area (Å²) in [6, 6.07) is 11.7. The molecule has 3 rings (SSSR count). The second-order valence-corrected chi connectivity index (χ2v) is 7.76. The Balaban J connectivity index is 1.89. The maximum atomic E-state index is 12.3. The van der Waals surface area contributed by atoms with Gasteiger partial charge in [0.15, 0.2) is 0 Å². The Bertz CT molecular complexity index is 1240. The summed E-state index contributed by atoms with van der Waals surface area (Å²) in [7, 11) is 1.57. The van der Waals surface area contributed by atoms with Crippen LogP contribution in [-0.2, 0) is 17.7 Å². The average molecular weight is 464 g/mol. The number of nitriles is 2. The molecule has 10 nitrogen and oxygen atoms in total. The van der Waals surface area contributed by atoms with Gasteiger partial charge in [0.05, 0.1) is 5.56 Å². The maximum Gasteiger partial charge on any atom is 0.320 e. The lowest BCUT2D eigenvalue weighted by Crippen LogP contribution is -2.36. The zero-order valence-electron chi connectivity index (χ0n) is 18.1. The second kappa shape index (κ2) is 11.1. The molecule has 0 fully saturated rings. The molecule has 0 saturated heterocycles. The highest BCUT2D eigenvalue weighted by molar-refractivity contribution is 8.00. The predicted molar refractivity (Wildman–Crippen MR) is 119 cm³/mol. The SMILES string of the molecule is CCc1ccc(-c2c(C#N)c(N)nc(SC/C([O-])=N/c3c[n+](CCOC)no3)c2C#N)cc1. The van der Waals surface area contributed by atoms with Crippen LogP contribution < -0.4 is 15.5 Å². The molecule has 3 aromatic rings. The number of nitrogens with two attached hydrogens (primary N) is 1. The Labute approximate surface area is 194 Å². The van der Waals surface area contributed by atoms with Gasteiger partial charge in [-0.1, -0.05) is 43.0 Å². The first-order chi connectivity index (χ1) is 16.0. The molecule has 168 valence electrons. The fourth-order valence-electron chi connectivity index (χ4n) is 2.99. The molecule has 0 radical (unpaired) electrons. The van der Waals surface area contributed by atoms with Crippen molar-refractivity contribution in [2.24, 2.45) is 4.99 Å². The van der Waals surface area contributed by atoms with Gasteiger partial charge in [0.1, 0.15) is 35.2 Å². The summed E-state index contributed by atoms with van der Waals surface area (Å²) in [5.74, 6) is -0.564. The number of thioether (sulfide) groups is 1. The van der Waals surface area contributed by atoms with Gasteiger partial charge in [-0.15, -0.1) is 0 Å². The topological polar surface area (TPSA) is 161 Å². The van der Waals surface area contributed by atoms with Gasteiger partial charge in [-0.05, 0) is 28.1 Å². The molecule has 11 heteroatoms. The summed E-state index contributed by atoms with van der Waals surface area (Å²) in [4.78, 5) is 8.07. The molecule has 0 atom stereocenters. The summed E-state index contributed by atoms with van der Waals surface area (Å²) in [5.41, 5.74) is 8.52. The van der Waals surface area contributed by atoms with Crippen LogP contribution in [-0.4, -0.2) is 35.6 Å². The number of hydrogen-bond acceptors (Lipinski definition) is 10. The zero-order valence-corrected chi connectivity index (χ0v) is 18.9. The highest BCUT2D eigenvalue weighted by Crippen LogP contribution is 2.35. The number of rotatable bonds is 9. The van der Waals surface area contributed by atoms with Crippen molar-refractivity contribution in [1.82, 2.24) is 10.3 Å². The number of aromatic nitrogens is 3. The van der Waals surface area contributed by atoms with E-state index in [9.17, 15) is 15.6 Å². The Kier molecular flexibility index (Phi) is 7.97. The third-order valence-electron chi connectivity index (χ3n) is 4.66. The van der Waals surface area contributed by atoms with Crippen LogP contribution in [0.1, 0.15) is 23.6 Å². The third-order valence-corrected chi connectivity index (χ3v) is 5.62. The van der Waals surface area contributed by atoms with Crippen LogP contribution >= 0.6 is 11.8 Å². The molecule has 1 aromatic carbocycles. The molecule has 33 heavy (non-hydrogen) atoms. The number of hydrogen-bond donors (Lipinski definition) is 1. The first-order valence-electron chi connectivity index (χ1n) is 9.96. The van der Waals surface area contributed by atoms with Gasteiger partial charge in [0, 0.05) is 18.4 Å². The molecule has 0 aliphatic carbocycles. The van der Waals surface area contributed by atoms with Crippen molar-refractivity contribution in [3.63, 3.8) is 0 Å². The van der Waals surface area contributed by atoms with E-state index in [0.717, 1.165) is 23.7 Å². The van der Waals surface area contributed by atoms with Crippen molar-refractivity contribution >= 4 is 29.4 Å². The smallest absolute Gasteiger partial charge is 0.320 e. The number of pyridine rings is 1. The van der Waals surface area contributed by atoms with Gasteiger partial charge in [0.25, 0.3) is 6.20 Å². The average Bonchev–Trinajstić information content (AvgIpc) is 3.27. The lowest BCUT2D eigenvalue weighted by atomic mass is 9.96. The molecule has 0 bridgehead atoms. The van der Waals surface area contributed by atoms with Crippen molar-refractivity contribution in [1.29, 1.82) is 10.5 Å². The number of nitrogens with zero attached hydrogens (tertiary/aromatic N) is 6. The van der Waals surface area contributed by atoms with E-state index in [1.807, 2.05) is 37.3 Å². The highest BCUT2D eigenvalue weighted by Gasteiger charge is 2.20. The number of nitrogen functional groups attached to an aromatic ring is 1. The molecular weight excluding hydrogens is 442 g/mol.